The molecule has 0 spiro atoms. The summed E-state index contributed by atoms with van der Waals surface area (Å²) in [5, 5.41) is 31.3. The van der Waals surface area contributed by atoms with Gasteiger partial charge in [0.15, 0.2) is 23.7 Å². The van der Waals surface area contributed by atoms with E-state index in [-0.39, 0.29) is 41.6 Å². The van der Waals surface area contributed by atoms with Crippen LogP contribution in [0, 0.1) is 0 Å². The summed E-state index contributed by atoms with van der Waals surface area (Å²) < 4.78 is 39.3. The highest BCUT2D eigenvalue weighted by molar-refractivity contribution is 6.13. The molecule has 0 radical (unpaired) electrons. The molecule has 3 N–H and O–H groups in total. The Morgan fingerprint density at radius 3 is 2.11 bits per heavy atom. The van der Waals surface area contributed by atoms with Gasteiger partial charge in [0, 0.05) is 37.3 Å². The number of esters is 4. The van der Waals surface area contributed by atoms with E-state index in [1.807, 2.05) is 0 Å². The van der Waals surface area contributed by atoms with Crippen molar-refractivity contribution in [1.29, 1.82) is 0 Å². The fraction of sp³-hybridized carbons (Fsp3) is 0.375. The summed E-state index contributed by atoms with van der Waals surface area (Å²) in [7, 11) is 1.38. The fourth-order valence-corrected chi connectivity index (χ4v) is 5.71. The fourth-order valence-electron chi connectivity index (χ4n) is 5.71. The molecule has 2 aliphatic heterocycles. The normalized spacial score (nSPS) is 20.4. The highest BCUT2D eigenvalue weighted by atomic mass is 16.7. The third-order valence-electron chi connectivity index (χ3n) is 7.58. The Balaban J connectivity index is 1.74. The summed E-state index contributed by atoms with van der Waals surface area (Å²) in [6, 6.07) is 7.69. The molecule has 14 nitrogen and oxygen atoms in total. The van der Waals surface area contributed by atoms with Gasteiger partial charge >= 0.3 is 23.9 Å². The summed E-state index contributed by atoms with van der Waals surface area (Å²) in [5.41, 5.74) is 1.97. The lowest BCUT2D eigenvalue weighted by Gasteiger charge is -2.40. The maximum Gasteiger partial charge on any atom is 0.339 e. The van der Waals surface area contributed by atoms with Crippen LogP contribution in [-0.4, -0.2) is 77.5 Å². The molecule has 1 saturated heterocycles. The van der Waals surface area contributed by atoms with Crippen molar-refractivity contribution in [2.24, 2.45) is 0 Å². The van der Waals surface area contributed by atoms with E-state index in [0.29, 0.717) is 33.0 Å². The molecule has 5 rings (SSSR count). The van der Waals surface area contributed by atoms with Crippen molar-refractivity contribution in [3.63, 3.8) is 0 Å². The lowest BCUT2D eigenvalue weighted by molar-refractivity contribution is -0.259. The number of hydrogen-bond donors (Lipinski definition) is 3. The van der Waals surface area contributed by atoms with E-state index in [1.165, 1.54) is 19.2 Å². The molecule has 0 bridgehead atoms. The number of methoxy groups -OCH3 is 1. The third kappa shape index (κ3) is 6.14. The van der Waals surface area contributed by atoms with Crippen LogP contribution in [0.5, 0.6) is 17.2 Å². The number of carbonyl (C=O) groups is 4. The number of aliphatic hydroxyl groups is 2. The number of ether oxygens (including phenoxy) is 7. The molecule has 0 aromatic heterocycles. The minimum Gasteiger partial charge on any atom is -0.504 e. The predicted molar refractivity (Wildman–Crippen MR) is 156 cm³/mol. The highest BCUT2D eigenvalue weighted by Crippen LogP contribution is 2.47. The summed E-state index contributed by atoms with van der Waals surface area (Å²) in [6.45, 7) is 1.99. The van der Waals surface area contributed by atoms with Gasteiger partial charge in [-0.1, -0.05) is 6.07 Å². The van der Waals surface area contributed by atoms with E-state index in [9.17, 15) is 34.5 Å². The number of rotatable bonds is 9. The van der Waals surface area contributed by atoms with E-state index in [1.54, 1.807) is 18.2 Å². The lowest BCUT2D eigenvalue weighted by atomic mass is 9.87. The molecule has 4 unspecified atom stereocenters. The van der Waals surface area contributed by atoms with Crippen molar-refractivity contribution in [1.82, 2.24) is 0 Å². The van der Waals surface area contributed by atoms with Gasteiger partial charge in [0.25, 0.3) is 0 Å². The second kappa shape index (κ2) is 13.2. The molecular formula is C32H32O14. The Hall–Kier alpha value is -4.92. The van der Waals surface area contributed by atoms with Crippen molar-refractivity contribution < 1.29 is 67.7 Å². The van der Waals surface area contributed by atoms with Gasteiger partial charge in [-0.3, -0.25) is 14.4 Å². The number of cyclic esters (lactones) is 1. The van der Waals surface area contributed by atoms with Crippen LogP contribution in [0.3, 0.4) is 0 Å². The van der Waals surface area contributed by atoms with Crippen molar-refractivity contribution in [2.45, 2.75) is 65.2 Å². The Kier molecular flexibility index (Phi) is 9.32. The monoisotopic (exact) mass is 640 g/mol. The third-order valence-corrected chi connectivity index (χ3v) is 7.58. The van der Waals surface area contributed by atoms with Crippen molar-refractivity contribution >= 4 is 34.6 Å². The second-order valence-electron chi connectivity index (χ2n) is 10.6. The number of aromatic hydroxyl groups is 1. The zero-order valence-corrected chi connectivity index (χ0v) is 25.4. The highest BCUT2D eigenvalue weighted by Gasteiger charge is 2.49. The largest absolute Gasteiger partial charge is 0.504 e. The molecule has 0 saturated carbocycles. The molecule has 2 aliphatic rings. The Morgan fingerprint density at radius 2 is 1.50 bits per heavy atom. The Bertz CT molecular complexity index is 1710. The minimum atomic E-state index is -1.45. The second-order valence-corrected chi connectivity index (χ2v) is 10.6. The zero-order valence-electron chi connectivity index (χ0n) is 25.4. The van der Waals surface area contributed by atoms with E-state index in [4.69, 9.17) is 33.2 Å². The van der Waals surface area contributed by atoms with Crippen LogP contribution in [0.4, 0.5) is 0 Å². The molecule has 244 valence electrons. The number of benzene rings is 3. The number of carbonyl (C=O) groups excluding carboxylic acids is 4. The van der Waals surface area contributed by atoms with Gasteiger partial charge in [0.1, 0.15) is 12.4 Å². The SMILES string of the molecule is COc1cc(-c2c3c(c(OC4OCC(OC(C)=O)C(OC(C)=O)C4OC(C)=O)c4cc(CO)c(CO)cc24)COC3=O)ccc1O. The van der Waals surface area contributed by atoms with Crippen LogP contribution < -0.4 is 9.47 Å². The summed E-state index contributed by atoms with van der Waals surface area (Å²) in [5.74, 6) is -2.82. The van der Waals surface area contributed by atoms with Gasteiger partial charge in [-0.05, 0) is 46.3 Å². The molecule has 2 heterocycles. The first-order valence-electron chi connectivity index (χ1n) is 14.2. The Labute approximate surface area is 262 Å². The minimum absolute atomic E-state index is 0.0687. The molecule has 4 atom stereocenters. The average molecular weight is 641 g/mol. The molecule has 0 amide bonds. The Morgan fingerprint density at radius 1 is 0.870 bits per heavy atom. The van der Waals surface area contributed by atoms with Gasteiger partial charge in [0.2, 0.25) is 12.4 Å². The standard InChI is InChI=1S/C32H32O14/c1-14(35)43-25-13-42-32(30(45-16(3)37)29(25)44-15(2)36)46-28-21-8-19(11-34)18(10-33)7-20(21)26(27-22(28)12-41-31(27)39)17-5-6-23(38)24(9-17)40-4/h5-9,25,29-30,32-34,38H,10-13H2,1-4H3. The van der Waals surface area contributed by atoms with Crippen LogP contribution in [0.2, 0.25) is 0 Å². The molecule has 3 aromatic rings. The number of phenols is 1. The topological polar surface area (TPSA) is 194 Å². The number of hydrogen-bond acceptors (Lipinski definition) is 14. The number of phenolic OH excluding ortho intramolecular Hbond substituents is 1. The van der Waals surface area contributed by atoms with E-state index >= 15 is 0 Å². The molecular weight excluding hydrogens is 608 g/mol. The van der Waals surface area contributed by atoms with Crippen LogP contribution in [-0.2, 0) is 57.9 Å². The smallest absolute Gasteiger partial charge is 0.339 e. The maximum atomic E-state index is 13.3. The first-order chi connectivity index (χ1) is 22.0. The van der Waals surface area contributed by atoms with Gasteiger partial charge in [-0.15, -0.1) is 0 Å². The van der Waals surface area contributed by atoms with E-state index in [2.05, 4.69) is 0 Å². The predicted octanol–water partition coefficient (Wildman–Crippen LogP) is 2.41. The van der Waals surface area contributed by atoms with Gasteiger partial charge < -0.3 is 48.5 Å². The van der Waals surface area contributed by atoms with Crippen LogP contribution in [0.25, 0.3) is 21.9 Å². The first kappa shape index (κ1) is 32.5. The summed E-state index contributed by atoms with van der Waals surface area (Å²) >= 11 is 0. The van der Waals surface area contributed by atoms with E-state index in [0.717, 1.165) is 20.8 Å². The van der Waals surface area contributed by atoms with Crippen molar-refractivity contribution in [3.05, 3.63) is 52.6 Å². The van der Waals surface area contributed by atoms with Crippen LogP contribution in [0.15, 0.2) is 30.3 Å². The molecule has 14 heteroatoms. The molecule has 0 aliphatic carbocycles. The van der Waals surface area contributed by atoms with Crippen LogP contribution in [0.1, 0.15) is 47.8 Å². The number of fused-ring (bicyclic) bond motifs is 2. The van der Waals surface area contributed by atoms with Crippen LogP contribution >= 0.6 is 0 Å². The molecule has 46 heavy (non-hydrogen) atoms. The maximum absolute atomic E-state index is 13.3. The average Bonchev–Trinajstić information content (AvgIpc) is 3.39. The van der Waals surface area contributed by atoms with Gasteiger partial charge in [-0.25, -0.2) is 4.79 Å². The lowest BCUT2D eigenvalue weighted by Crippen LogP contribution is -2.59. The number of aliphatic hydroxyl groups excluding tert-OH is 2. The molecule has 1 fully saturated rings. The summed E-state index contributed by atoms with van der Waals surface area (Å²) in [4.78, 5) is 49.4. The van der Waals surface area contributed by atoms with Crippen molar-refractivity contribution in [2.75, 3.05) is 13.7 Å². The van der Waals surface area contributed by atoms with E-state index < -0.39 is 61.7 Å². The van der Waals surface area contributed by atoms with Gasteiger partial charge in [-0.2, -0.15) is 0 Å². The zero-order chi connectivity index (χ0) is 33.3. The quantitative estimate of drug-likeness (QED) is 0.228. The van der Waals surface area contributed by atoms with Gasteiger partial charge in [0.05, 0.1) is 32.5 Å². The first-order valence-corrected chi connectivity index (χ1v) is 14.2. The molecule has 3 aromatic carbocycles. The van der Waals surface area contributed by atoms with Crippen molar-refractivity contribution in [3.8, 4) is 28.4 Å². The summed E-state index contributed by atoms with van der Waals surface area (Å²) in [6.07, 6.45) is -5.34.